The molecule has 0 bridgehead atoms. The molecule has 1 heterocycles. The normalized spacial score (nSPS) is 9.88. The lowest BCUT2D eigenvalue weighted by molar-refractivity contribution is 0.0697. The second kappa shape index (κ2) is 7.10. The molecular formula is C18H13N5O2. The van der Waals surface area contributed by atoms with E-state index in [1.165, 1.54) is 18.5 Å². The molecule has 0 saturated carbocycles. The topological polar surface area (TPSA) is 111 Å². The molecule has 3 aromatic rings. The van der Waals surface area contributed by atoms with Gasteiger partial charge in [0.1, 0.15) is 18.0 Å². The first-order valence-electron chi connectivity index (χ1n) is 7.34. The van der Waals surface area contributed by atoms with E-state index in [0.717, 1.165) is 5.69 Å². The molecular weight excluding hydrogens is 318 g/mol. The van der Waals surface area contributed by atoms with Crippen molar-refractivity contribution in [2.45, 2.75) is 0 Å². The van der Waals surface area contributed by atoms with Crippen LogP contribution in [0.1, 0.15) is 15.9 Å². The van der Waals surface area contributed by atoms with Gasteiger partial charge in [0.15, 0.2) is 0 Å². The number of nitrogens with zero attached hydrogens (tertiary/aromatic N) is 3. The average molecular weight is 331 g/mol. The van der Waals surface area contributed by atoms with Gasteiger partial charge in [0.2, 0.25) is 0 Å². The first kappa shape index (κ1) is 16.0. The third-order valence-corrected chi connectivity index (χ3v) is 3.34. The van der Waals surface area contributed by atoms with E-state index in [1.54, 1.807) is 36.4 Å². The molecule has 0 saturated heterocycles. The molecule has 3 rings (SSSR count). The van der Waals surface area contributed by atoms with Crippen molar-refractivity contribution in [3.05, 3.63) is 72.1 Å². The summed E-state index contributed by atoms with van der Waals surface area (Å²) in [5.41, 5.74) is 2.22. The predicted molar refractivity (Wildman–Crippen MR) is 93.2 cm³/mol. The van der Waals surface area contributed by atoms with Crippen LogP contribution in [0.3, 0.4) is 0 Å². The molecule has 0 unspecified atom stereocenters. The van der Waals surface area contributed by atoms with E-state index in [9.17, 15) is 4.79 Å². The number of benzene rings is 2. The van der Waals surface area contributed by atoms with Crippen LogP contribution in [-0.4, -0.2) is 21.0 Å². The number of hydrogen-bond donors (Lipinski definition) is 3. The first-order valence-corrected chi connectivity index (χ1v) is 7.34. The van der Waals surface area contributed by atoms with Gasteiger partial charge in [-0.15, -0.1) is 0 Å². The number of carboxylic acids is 1. The fourth-order valence-electron chi connectivity index (χ4n) is 2.15. The summed E-state index contributed by atoms with van der Waals surface area (Å²) >= 11 is 0. The van der Waals surface area contributed by atoms with Gasteiger partial charge in [0.25, 0.3) is 0 Å². The Morgan fingerprint density at radius 3 is 2.28 bits per heavy atom. The van der Waals surface area contributed by atoms with E-state index >= 15 is 0 Å². The maximum absolute atomic E-state index is 10.9. The number of nitriles is 1. The number of carbonyl (C=O) groups is 1. The van der Waals surface area contributed by atoms with E-state index in [1.807, 2.05) is 6.07 Å². The second-order valence-corrected chi connectivity index (χ2v) is 5.11. The maximum Gasteiger partial charge on any atom is 0.335 e. The summed E-state index contributed by atoms with van der Waals surface area (Å²) in [5.74, 6) is 0.145. The predicted octanol–water partition coefficient (Wildman–Crippen LogP) is 3.53. The highest BCUT2D eigenvalue weighted by Crippen LogP contribution is 2.20. The highest BCUT2D eigenvalue weighted by molar-refractivity contribution is 5.88. The van der Waals surface area contributed by atoms with Crippen molar-refractivity contribution >= 4 is 29.0 Å². The molecule has 122 valence electrons. The Balaban J connectivity index is 1.75. The van der Waals surface area contributed by atoms with Crippen LogP contribution < -0.4 is 10.6 Å². The summed E-state index contributed by atoms with van der Waals surface area (Å²) in [4.78, 5) is 19.1. The zero-order valence-corrected chi connectivity index (χ0v) is 13.0. The molecule has 25 heavy (non-hydrogen) atoms. The summed E-state index contributed by atoms with van der Waals surface area (Å²) in [7, 11) is 0. The second-order valence-electron chi connectivity index (χ2n) is 5.11. The summed E-state index contributed by atoms with van der Waals surface area (Å²) in [6.07, 6.45) is 1.41. The number of anilines is 4. The first-order chi connectivity index (χ1) is 12.1. The highest BCUT2D eigenvalue weighted by Gasteiger charge is 2.04. The van der Waals surface area contributed by atoms with Crippen LogP contribution in [0.5, 0.6) is 0 Å². The lowest BCUT2D eigenvalue weighted by Crippen LogP contribution is -1.99. The molecule has 0 atom stereocenters. The monoisotopic (exact) mass is 331 g/mol. The standard InChI is InChI=1S/C18H13N5O2/c19-10-12-2-1-3-15(8-12)23-17-9-16(20-11-21-17)22-14-6-4-13(5-7-14)18(24)25/h1-9,11H,(H,24,25)(H2,20,21,22,23). The average Bonchev–Trinajstić information content (AvgIpc) is 2.62. The zero-order valence-electron chi connectivity index (χ0n) is 13.0. The number of nitrogens with one attached hydrogen (secondary N) is 2. The molecule has 7 heteroatoms. The number of aromatic nitrogens is 2. The molecule has 0 amide bonds. The van der Waals surface area contributed by atoms with E-state index in [2.05, 4.69) is 26.7 Å². The van der Waals surface area contributed by atoms with Crippen LogP contribution >= 0.6 is 0 Å². The number of hydrogen-bond acceptors (Lipinski definition) is 6. The Labute approximate surface area is 143 Å². The molecule has 7 nitrogen and oxygen atoms in total. The lowest BCUT2D eigenvalue weighted by atomic mass is 10.2. The Hall–Kier alpha value is -3.92. The Bertz CT molecular complexity index is 948. The van der Waals surface area contributed by atoms with E-state index in [-0.39, 0.29) is 5.56 Å². The van der Waals surface area contributed by atoms with Crippen LogP contribution in [0.25, 0.3) is 0 Å². The van der Waals surface area contributed by atoms with Crippen molar-refractivity contribution < 1.29 is 9.90 Å². The van der Waals surface area contributed by atoms with Crippen molar-refractivity contribution in [3.8, 4) is 6.07 Å². The minimum absolute atomic E-state index is 0.216. The minimum atomic E-state index is -0.973. The lowest BCUT2D eigenvalue weighted by Gasteiger charge is -2.09. The fraction of sp³-hybridized carbons (Fsp3) is 0. The molecule has 0 spiro atoms. The summed E-state index contributed by atoms with van der Waals surface area (Å²) in [6.45, 7) is 0. The van der Waals surface area contributed by atoms with Gasteiger partial charge in [0, 0.05) is 17.4 Å². The zero-order chi connectivity index (χ0) is 17.6. The largest absolute Gasteiger partial charge is 0.478 e. The summed E-state index contributed by atoms with van der Waals surface area (Å²) < 4.78 is 0. The van der Waals surface area contributed by atoms with Gasteiger partial charge in [-0.05, 0) is 42.5 Å². The summed E-state index contributed by atoms with van der Waals surface area (Å²) in [6, 6.07) is 17.2. The van der Waals surface area contributed by atoms with Crippen LogP contribution in [0, 0.1) is 11.3 Å². The van der Waals surface area contributed by atoms with Gasteiger partial charge >= 0.3 is 5.97 Å². The number of aromatic carboxylic acids is 1. The minimum Gasteiger partial charge on any atom is -0.478 e. The molecule has 0 aliphatic rings. The van der Waals surface area contributed by atoms with Gasteiger partial charge in [0.05, 0.1) is 17.2 Å². The van der Waals surface area contributed by atoms with Gasteiger partial charge in [-0.25, -0.2) is 14.8 Å². The van der Waals surface area contributed by atoms with Crippen molar-refractivity contribution in [2.24, 2.45) is 0 Å². The van der Waals surface area contributed by atoms with Crippen LogP contribution in [-0.2, 0) is 0 Å². The van der Waals surface area contributed by atoms with Crippen LogP contribution in [0.4, 0.5) is 23.0 Å². The van der Waals surface area contributed by atoms with Crippen molar-refractivity contribution in [2.75, 3.05) is 10.6 Å². The van der Waals surface area contributed by atoms with Crippen LogP contribution in [0.15, 0.2) is 60.9 Å². The van der Waals surface area contributed by atoms with Gasteiger partial charge in [-0.3, -0.25) is 0 Å². The smallest absolute Gasteiger partial charge is 0.335 e. The number of carboxylic acid groups (broad SMARTS) is 1. The molecule has 1 aromatic heterocycles. The van der Waals surface area contributed by atoms with Gasteiger partial charge in [-0.1, -0.05) is 6.07 Å². The van der Waals surface area contributed by atoms with Crippen LogP contribution in [0.2, 0.25) is 0 Å². The van der Waals surface area contributed by atoms with Crippen molar-refractivity contribution in [3.63, 3.8) is 0 Å². The Morgan fingerprint density at radius 1 is 0.960 bits per heavy atom. The third kappa shape index (κ3) is 4.09. The molecule has 0 aliphatic carbocycles. The van der Waals surface area contributed by atoms with Gasteiger partial charge < -0.3 is 15.7 Å². The van der Waals surface area contributed by atoms with E-state index in [4.69, 9.17) is 10.4 Å². The maximum atomic E-state index is 10.9. The molecule has 0 radical (unpaired) electrons. The molecule has 3 N–H and O–H groups in total. The van der Waals surface area contributed by atoms with E-state index in [0.29, 0.717) is 22.9 Å². The Morgan fingerprint density at radius 2 is 1.64 bits per heavy atom. The van der Waals surface area contributed by atoms with Gasteiger partial charge in [-0.2, -0.15) is 5.26 Å². The van der Waals surface area contributed by atoms with Crippen molar-refractivity contribution in [1.82, 2.24) is 9.97 Å². The highest BCUT2D eigenvalue weighted by atomic mass is 16.4. The quantitative estimate of drug-likeness (QED) is 0.655. The third-order valence-electron chi connectivity index (χ3n) is 3.34. The molecule has 0 aliphatic heterocycles. The molecule has 0 fully saturated rings. The van der Waals surface area contributed by atoms with Crippen molar-refractivity contribution in [1.29, 1.82) is 5.26 Å². The molecule has 2 aromatic carbocycles. The number of rotatable bonds is 5. The Kier molecular flexibility index (Phi) is 4.53. The summed E-state index contributed by atoms with van der Waals surface area (Å²) in [5, 5.41) is 24.0. The fourth-order valence-corrected chi connectivity index (χ4v) is 2.15. The SMILES string of the molecule is N#Cc1cccc(Nc2cc(Nc3ccc(C(=O)O)cc3)ncn2)c1. The van der Waals surface area contributed by atoms with E-state index < -0.39 is 5.97 Å².